The van der Waals surface area contributed by atoms with E-state index in [0.29, 0.717) is 22.5 Å². The van der Waals surface area contributed by atoms with Crippen molar-refractivity contribution >= 4 is 33.8 Å². The number of nitrogen functional groups attached to an aromatic ring is 1. The number of allylic oxidation sites excluding steroid dienone is 1. The summed E-state index contributed by atoms with van der Waals surface area (Å²) in [6.07, 6.45) is 4.20. The van der Waals surface area contributed by atoms with Gasteiger partial charge in [0.1, 0.15) is 5.82 Å². The van der Waals surface area contributed by atoms with Gasteiger partial charge in [-0.05, 0) is 41.7 Å². The second-order valence-electron chi connectivity index (χ2n) is 10.7. The van der Waals surface area contributed by atoms with Crippen LogP contribution >= 0.6 is 11.3 Å². The molecular formula is C28H37N5O3S. The molecule has 0 aliphatic rings. The first kappa shape index (κ1) is 28.1. The van der Waals surface area contributed by atoms with E-state index < -0.39 is 17.2 Å². The fraction of sp³-hybridized carbons (Fsp3) is 0.429. The molecule has 8 nitrogen and oxygen atoms in total. The summed E-state index contributed by atoms with van der Waals surface area (Å²) < 4.78 is 2.22. The van der Waals surface area contributed by atoms with Crippen LogP contribution in [0.3, 0.4) is 0 Å². The largest absolute Gasteiger partial charge is 0.384 e. The fourth-order valence-electron chi connectivity index (χ4n) is 3.92. The van der Waals surface area contributed by atoms with Crippen LogP contribution in [-0.4, -0.2) is 20.0 Å². The third-order valence-electron chi connectivity index (χ3n) is 6.58. The maximum absolute atomic E-state index is 13.0. The Bertz CT molecular complexity index is 1420. The number of anilines is 2. The molecule has 3 aromatic rings. The van der Waals surface area contributed by atoms with Crippen LogP contribution in [0, 0.1) is 11.3 Å². The van der Waals surface area contributed by atoms with Gasteiger partial charge in [0.05, 0.1) is 11.3 Å². The van der Waals surface area contributed by atoms with Gasteiger partial charge in [0.25, 0.3) is 5.56 Å². The van der Waals surface area contributed by atoms with E-state index in [4.69, 9.17) is 5.73 Å². The molecule has 0 saturated heterocycles. The molecule has 3 rings (SSSR count). The minimum Gasteiger partial charge on any atom is -0.384 e. The second kappa shape index (κ2) is 11.3. The highest BCUT2D eigenvalue weighted by Crippen LogP contribution is 2.29. The molecule has 1 atom stereocenters. The topological polar surface area (TPSA) is 112 Å². The quantitative estimate of drug-likeness (QED) is 0.411. The van der Waals surface area contributed by atoms with E-state index in [-0.39, 0.29) is 17.3 Å². The number of amides is 1. The summed E-state index contributed by atoms with van der Waals surface area (Å²) in [5.74, 6) is -0.513. The molecule has 0 fully saturated rings. The maximum Gasteiger partial charge on any atom is 0.332 e. The molecule has 198 valence electrons. The number of rotatable bonds is 8. The van der Waals surface area contributed by atoms with Gasteiger partial charge in [-0.15, -0.1) is 11.3 Å². The van der Waals surface area contributed by atoms with Gasteiger partial charge in [0.2, 0.25) is 5.91 Å². The summed E-state index contributed by atoms with van der Waals surface area (Å²) in [5.41, 5.74) is 9.11. The summed E-state index contributed by atoms with van der Waals surface area (Å²) in [4.78, 5) is 42.7. The van der Waals surface area contributed by atoms with Crippen LogP contribution in [0.15, 0.2) is 45.3 Å². The van der Waals surface area contributed by atoms with E-state index in [2.05, 4.69) is 55.3 Å². The zero-order valence-electron chi connectivity index (χ0n) is 22.7. The molecule has 2 aromatic heterocycles. The van der Waals surface area contributed by atoms with E-state index in [1.807, 2.05) is 19.2 Å². The Hall–Kier alpha value is -3.46. The molecule has 9 heteroatoms. The molecule has 0 spiro atoms. The highest BCUT2D eigenvalue weighted by atomic mass is 32.1. The Morgan fingerprint density at radius 3 is 2.41 bits per heavy atom. The van der Waals surface area contributed by atoms with E-state index in [0.717, 1.165) is 28.7 Å². The van der Waals surface area contributed by atoms with Crippen molar-refractivity contribution in [3.8, 4) is 11.3 Å². The Labute approximate surface area is 221 Å². The highest BCUT2D eigenvalue weighted by molar-refractivity contribution is 7.14. The lowest BCUT2D eigenvalue weighted by Crippen LogP contribution is -2.40. The molecule has 1 unspecified atom stereocenters. The summed E-state index contributed by atoms with van der Waals surface area (Å²) in [6, 6.07) is 8.35. The molecule has 0 aliphatic carbocycles. The van der Waals surface area contributed by atoms with Crippen LogP contribution in [0.2, 0.25) is 0 Å². The average Bonchev–Trinajstić information content (AvgIpc) is 3.32. The molecule has 3 N–H and O–H groups in total. The van der Waals surface area contributed by atoms with Gasteiger partial charge in [-0.1, -0.05) is 58.9 Å². The summed E-state index contributed by atoms with van der Waals surface area (Å²) >= 11 is 1.33. The van der Waals surface area contributed by atoms with E-state index >= 15 is 0 Å². The van der Waals surface area contributed by atoms with Crippen LogP contribution < -0.4 is 22.3 Å². The first-order valence-corrected chi connectivity index (χ1v) is 13.3. The van der Waals surface area contributed by atoms with Crippen LogP contribution in [0.1, 0.15) is 58.6 Å². The number of nitrogens with one attached hydrogen (secondary N) is 1. The Kier molecular flexibility index (Phi) is 8.58. The van der Waals surface area contributed by atoms with Crippen molar-refractivity contribution in [3.05, 3.63) is 67.7 Å². The van der Waals surface area contributed by atoms with Crippen molar-refractivity contribution in [1.82, 2.24) is 14.1 Å². The number of carbonyl (C=O) groups excluding carboxylic acids is 1. The first-order chi connectivity index (χ1) is 17.3. The number of carbonyl (C=O) groups is 1. The van der Waals surface area contributed by atoms with Crippen molar-refractivity contribution < 1.29 is 4.79 Å². The van der Waals surface area contributed by atoms with Gasteiger partial charge >= 0.3 is 5.69 Å². The highest BCUT2D eigenvalue weighted by Gasteiger charge is 2.22. The lowest BCUT2D eigenvalue weighted by Gasteiger charge is -2.18. The molecule has 0 aliphatic heterocycles. The Morgan fingerprint density at radius 2 is 1.81 bits per heavy atom. The van der Waals surface area contributed by atoms with Gasteiger partial charge in [-0.2, -0.15) is 0 Å². The summed E-state index contributed by atoms with van der Waals surface area (Å²) in [6.45, 7) is 10.6. The first-order valence-electron chi connectivity index (χ1n) is 12.5. The number of nitrogens with zero attached hydrogens (tertiary/aromatic N) is 3. The number of aromatic nitrogens is 3. The number of aryl methyl sites for hydroxylation is 1. The summed E-state index contributed by atoms with van der Waals surface area (Å²) in [7, 11) is 2.90. The monoisotopic (exact) mass is 523 g/mol. The normalized spacial score (nSPS) is 13.0. The van der Waals surface area contributed by atoms with Gasteiger partial charge in [-0.3, -0.25) is 24.0 Å². The van der Waals surface area contributed by atoms with Gasteiger partial charge in [0, 0.05) is 31.1 Å². The number of benzene rings is 1. The zero-order valence-corrected chi connectivity index (χ0v) is 23.5. The number of thiazole rings is 1. The number of hydrogen-bond donors (Lipinski definition) is 2. The second-order valence-corrected chi connectivity index (χ2v) is 11.5. The summed E-state index contributed by atoms with van der Waals surface area (Å²) in [5, 5.41) is 5.17. The van der Waals surface area contributed by atoms with Crippen LogP contribution in [0.25, 0.3) is 16.8 Å². The Balaban J connectivity index is 1.83. The molecular weight excluding hydrogens is 486 g/mol. The van der Waals surface area contributed by atoms with E-state index in [1.54, 1.807) is 0 Å². The minimum absolute atomic E-state index is 0.0370. The molecule has 2 heterocycles. The van der Waals surface area contributed by atoms with Gasteiger partial charge in [-0.25, -0.2) is 9.78 Å². The van der Waals surface area contributed by atoms with Gasteiger partial charge in [0.15, 0.2) is 5.13 Å². The number of nitrogens with two attached hydrogens (primary N) is 1. The van der Waals surface area contributed by atoms with Crippen molar-refractivity contribution in [2.45, 2.75) is 53.9 Å². The van der Waals surface area contributed by atoms with E-state index in [9.17, 15) is 14.4 Å². The SMILES string of the molecule is CCC(C)/C(=C\C(=O)Nc1nc(-c2ccc(CCC(C)(C)C)cc2)cs1)c1c(N)n(C)c(=O)n(C)c1=O. The smallest absolute Gasteiger partial charge is 0.332 e. The van der Waals surface area contributed by atoms with Gasteiger partial charge < -0.3 is 5.73 Å². The zero-order chi connectivity index (χ0) is 27.5. The van der Waals surface area contributed by atoms with E-state index in [1.165, 1.54) is 41.6 Å². The predicted octanol–water partition coefficient (Wildman–Crippen LogP) is 4.84. The number of hydrogen-bond acceptors (Lipinski definition) is 6. The minimum atomic E-state index is -0.526. The van der Waals surface area contributed by atoms with Crippen molar-refractivity contribution in [2.75, 3.05) is 11.1 Å². The Morgan fingerprint density at radius 1 is 1.16 bits per heavy atom. The molecule has 37 heavy (non-hydrogen) atoms. The molecule has 0 bridgehead atoms. The molecule has 1 amide bonds. The lowest BCUT2D eigenvalue weighted by molar-refractivity contribution is -0.111. The third kappa shape index (κ3) is 6.65. The van der Waals surface area contributed by atoms with Crippen molar-refractivity contribution in [3.63, 3.8) is 0 Å². The lowest BCUT2D eigenvalue weighted by atomic mass is 9.88. The molecule has 0 radical (unpaired) electrons. The standard InChI is InChI=1S/C28H37N5O3S/c1-8-17(2)20(23-24(29)32(6)27(36)33(7)25(23)35)15-22(34)31-26-30-21(16-37-26)19-11-9-18(10-12-19)13-14-28(3,4)5/h9-12,15-17H,8,13-14,29H2,1-7H3,(H,30,31,34)/b20-15+. The predicted molar refractivity (Wildman–Crippen MR) is 153 cm³/mol. The maximum atomic E-state index is 13.0. The fourth-order valence-corrected chi connectivity index (χ4v) is 4.64. The van der Waals surface area contributed by atoms with Crippen molar-refractivity contribution in [2.24, 2.45) is 25.4 Å². The molecule has 0 saturated carbocycles. The third-order valence-corrected chi connectivity index (χ3v) is 7.33. The van der Waals surface area contributed by atoms with Crippen LogP contribution in [0.5, 0.6) is 0 Å². The average molecular weight is 524 g/mol. The van der Waals surface area contributed by atoms with Crippen LogP contribution in [-0.2, 0) is 25.3 Å². The van der Waals surface area contributed by atoms with Crippen molar-refractivity contribution in [1.29, 1.82) is 0 Å². The van der Waals surface area contributed by atoms with Crippen LogP contribution in [0.4, 0.5) is 10.9 Å². The molecule has 1 aromatic carbocycles.